The molecular weight excluding hydrogens is 536 g/mol. The number of benzene rings is 1. The van der Waals surface area contributed by atoms with Gasteiger partial charge in [-0.1, -0.05) is 171 Å². The van der Waals surface area contributed by atoms with E-state index in [4.69, 9.17) is 4.74 Å². The molecule has 0 aromatic heterocycles. The molecule has 0 saturated heterocycles. The lowest BCUT2D eigenvalue weighted by Crippen LogP contribution is -2.24. The Bertz CT molecular complexity index is 857. The van der Waals surface area contributed by atoms with Crippen LogP contribution in [-0.2, 0) is 9.53 Å². The number of ether oxygens (including phenoxy) is 1. The summed E-state index contributed by atoms with van der Waals surface area (Å²) in [5.41, 5.74) is 3.75. The van der Waals surface area contributed by atoms with Crippen LogP contribution in [0, 0.1) is 11.8 Å². The van der Waals surface area contributed by atoms with Crippen LogP contribution in [0.2, 0.25) is 0 Å². The van der Waals surface area contributed by atoms with Gasteiger partial charge in [0.2, 0.25) is 0 Å². The average Bonchev–Trinajstić information content (AvgIpc) is 3.06. The van der Waals surface area contributed by atoms with Crippen LogP contribution < -0.4 is 0 Å². The molecule has 0 atom stereocenters. The van der Waals surface area contributed by atoms with Crippen LogP contribution in [0.5, 0.6) is 0 Å². The van der Waals surface area contributed by atoms with Gasteiger partial charge in [-0.05, 0) is 75.7 Å². The Hall–Kier alpha value is -1.83. The Morgan fingerprint density at radius 1 is 0.568 bits per heavy atom. The van der Waals surface area contributed by atoms with Gasteiger partial charge >= 0.3 is 5.97 Å². The summed E-state index contributed by atoms with van der Waals surface area (Å²) in [4.78, 5) is 13.8. The molecule has 0 aliphatic heterocycles. The maximum absolute atomic E-state index is 13.8. The van der Waals surface area contributed by atoms with Gasteiger partial charge in [-0.2, -0.15) is 0 Å². The highest BCUT2D eigenvalue weighted by Gasteiger charge is 2.28. The number of allylic oxidation sites excluding steroid dienone is 1. The summed E-state index contributed by atoms with van der Waals surface area (Å²) >= 11 is 0. The van der Waals surface area contributed by atoms with Crippen molar-refractivity contribution in [2.45, 2.75) is 186 Å². The first-order valence-electron chi connectivity index (χ1n) is 19.3. The minimum Gasteiger partial charge on any atom is -0.459 e. The van der Waals surface area contributed by atoms with Crippen molar-refractivity contribution in [1.82, 2.24) is 0 Å². The van der Waals surface area contributed by atoms with Crippen molar-refractivity contribution in [3.05, 3.63) is 53.6 Å². The van der Waals surface area contributed by atoms with E-state index in [1.807, 2.05) is 36.4 Å². The fourth-order valence-electron chi connectivity index (χ4n) is 8.02. The van der Waals surface area contributed by atoms with Crippen molar-refractivity contribution in [3.63, 3.8) is 0 Å². The molecule has 3 aliphatic rings. The minimum absolute atomic E-state index is 0.0428. The number of carbonyl (C=O) groups is 1. The fourth-order valence-corrected chi connectivity index (χ4v) is 8.02. The molecule has 0 unspecified atom stereocenters. The van der Waals surface area contributed by atoms with Gasteiger partial charge < -0.3 is 4.74 Å². The van der Waals surface area contributed by atoms with E-state index in [0.717, 1.165) is 18.4 Å². The normalized spacial score (nSPS) is 21.5. The van der Waals surface area contributed by atoms with E-state index in [2.05, 4.69) is 13.5 Å². The zero-order chi connectivity index (χ0) is 31.1. The minimum atomic E-state index is 0.0428. The van der Waals surface area contributed by atoms with E-state index in [1.54, 1.807) is 5.57 Å². The molecule has 4 rings (SSSR count). The molecule has 2 heteroatoms. The van der Waals surface area contributed by atoms with E-state index in [-0.39, 0.29) is 12.1 Å². The smallest absolute Gasteiger partial charge is 0.333 e. The van der Waals surface area contributed by atoms with E-state index >= 15 is 0 Å². The van der Waals surface area contributed by atoms with Gasteiger partial charge in [0, 0.05) is 5.57 Å². The zero-order valence-corrected chi connectivity index (χ0v) is 28.8. The monoisotopic (exact) mass is 605 g/mol. The zero-order valence-electron chi connectivity index (χ0n) is 28.8. The second kappa shape index (κ2) is 23.5. The second-order valence-electron chi connectivity index (χ2n) is 14.3. The van der Waals surface area contributed by atoms with Gasteiger partial charge in [0.1, 0.15) is 6.10 Å². The molecule has 0 bridgehead atoms. The topological polar surface area (TPSA) is 26.3 Å². The first kappa shape index (κ1) is 36.6. The molecule has 0 radical (unpaired) electrons. The summed E-state index contributed by atoms with van der Waals surface area (Å²) in [6.07, 6.45) is 37.7. The maximum Gasteiger partial charge on any atom is 0.333 e. The van der Waals surface area contributed by atoms with E-state index < -0.39 is 0 Å². The van der Waals surface area contributed by atoms with Gasteiger partial charge in [-0.15, -0.1) is 0 Å². The van der Waals surface area contributed by atoms with Crippen molar-refractivity contribution in [1.29, 1.82) is 0 Å². The summed E-state index contributed by atoms with van der Waals surface area (Å²) in [6, 6.07) is 10.0. The van der Waals surface area contributed by atoms with Crippen LogP contribution in [0.1, 0.15) is 186 Å². The number of hydrogen-bond donors (Lipinski definition) is 0. The maximum atomic E-state index is 13.8. The highest BCUT2D eigenvalue weighted by atomic mass is 16.5. The highest BCUT2D eigenvalue weighted by molar-refractivity contribution is 5.89. The van der Waals surface area contributed by atoms with Crippen LogP contribution in [0.4, 0.5) is 0 Å². The molecule has 44 heavy (non-hydrogen) atoms. The summed E-state index contributed by atoms with van der Waals surface area (Å²) in [5.74, 6) is 1.25. The van der Waals surface area contributed by atoms with Crippen molar-refractivity contribution in [3.8, 4) is 0 Å². The van der Waals surface area contributed by atoms with Crippen LogP contribution in [0.15, 0.2) is 48.1 Å². The molecule has 0 amide bonds. The third-order valence-electron chi connectivity index (χ3n) is 10.7. The van der Waals surface area contributed by atoms with Crippen molar-refractivity contribution in [2.24, 2.45) is 11.8 Å². The van der Waals surface area contributed by atoms with Crippen LogP contribution in [-0.4, -0.2) is 12.1 Å². The molecule has 0 N–H and O–H groups in total. The molecule has 0 spiro atoms. The Balaban J connectivity index is 0.000000572. The Labute approximate surface area is 272 Å². The lowest BCUT2D eigenvalue weighted by Gasteiger charge is -2.31. The fraction of sp³-hybridized carbons (Fsp3) is 0.738. The van der Waals surface area contributed by atoms with Crippen LogP contribution >= 0.6 is 0 Å². The number of rotatable bonds is 5. The summed E-state index contributed by atoms with van der Waals surface area (Å²) in [6.45, 7) is 5.79. The summed E-state index contributed by atoms with van der Waals surface area (Å²) in [5, 5.41) is 0. The standard InChI is InChI=1S/C34H60O2.C8H8/c1-29(34(35)36-32-27-21-15-9-4-10-16-22-28-32)33(30-23-17-11-5-2-6-12-18-24-30)31-25-19-13-7-3-8-14-20-26-31;1-2-8-6-4-3-5-7-8/h30-32H,2-28H2,1H3;2-7H,1H2. The predicted octanol–water partition coefficient (Wildman–Crippen LogP) is 13.4. The van der Waals surface area contributed by atoms with Crippen LogP contribution in [0.25, 0.3) is 6.08 Å². The SMILES string of the molecule is C=Cc1ccccc1.CC(C(=O)OC1CCCCCCCCC1)=C(C1CCCCCCCCC1)C1CCCCCCCCC1. The molecule has 1 aromatic carbocycles. The molecule has 3 saturated carbocycles. The Kier molecular flexibility index (Phi) is 19.6. The quantitative estimate of drug-likeness (QED) is 0.247. The lowest BCUT2D eigenvalue weighted by atomic mass is 9.74. The molecule has 0 heterocycles. The van der Waals surface area contributed by atoms with Crippen molar-refractivity contribution >= 4 is 12.0 Å². The first-order valence-corrected chi connectivity index (χ1v) is 19.3. The molecule has 1 aromatic rings. The van der Waals surface area contributed by atoms with E-state index in [9.17, 15) is 4.79 Å². The molecule has 3 aliphatic carbocycles. The summed E-state index contributed by atoms with van der Waals surface area (Å²) < 4.78 is 6.35. The Morgan fingerprint density at radius 2 is 0.909 bits per heavy atom. The second-order valence-corrected chi connectivity index (χ2v) is 14.3. The predicted molar refractivity (Wildman–Crippen MR) is 191 cm³/mol. The van der Waals surface area contributed by atoms with Gasteiger partial charge in [-0.3, -0.25) is 0 Å². The number of hydrogen-bond acceptors (Lipinski definition) is 2. The number of carbonyl (C=O) groups excluding carboxylic acids is 1. The average molecular weight is 605 g/mol. The van der Waals surface area contributed by atoms with E-state index in [1.165, 1.54) is 166 Å². The summed E-state index contributed by atoms with van der Waals surface area (Å²) in [7, 11) is 0. The van der Waals surface area contributed by atoms with Gasteiger partial charge in [0.25, 0.3) is 0 Å². The third kappa shape index (κ3) is 15.0. The van der Waals surface area contributed by atoms with Gasteiger partial charge in [0.05, 0.1) is 0 Å². The van der Waals surface area contributed by atoms with Gasteiger partial charge in [0.15, 0.2) is 0 Å². The largest absolute Gasteiger partial charge is 0.459 e. The molecule has 3 fully saturated rings. The number of esters is 1. The Morgan fingerprint density at radius 3 is 1.25 bits per heavy atom. The molecular formula is C42H68O2. The molecule has 2 nitrogen and oxygen atoms in total. The van der Waals surface area contributed by atoms with Crippen molar-refractivity contribution < 1.29 is 9.53 Å². The highest BCUT2D eigenvalue weighted by Crippen LogP contribution is 2.39. The van der Waals surface area contributed by atoms with E-state index in [0.29, 0.717) is 11.8 Å². The van der Waals surface area contributed by atoms with Crippen molar-refractivity contribution in [2.75, 3.05) is 0 Å². The first-order chi connectivity index (χ1) is 21.7. The third-order valence-corrected chi connectivity index (χ3v) is 10.7. The van der Waals surface area contributed by atoms with Gasteiger partial charge in [-0.25, -0.2) is 4.79 Å². The van der Waals surface area contributed by atoms with Crippen LogP contribution in [0.3, 0.4) is 0 Å². The molecule has 248 valence electrons. The lowest BCUT2D eigenvalue weighted by molar-refractivity contribution is -0.145.